The van der Waals surface area contributed by atoms with Gasteiger partial charge < -0.3 is 4.74 Å². The second kappa shape index (κ2) is 5.49. The Balaban J connectivity index is 2.61. The fourth-order valence-electron chi connectivity index (χ4n) is 2.15. The molecular formula is C16H18OS. The monoisotopic (exact) mass is 258 g/mol. The van der Waals surface area contributed by atoms with Gasteiger partial charge in [-0.25, -0.2) is 0 Å². The standard InChI is InChI=1S/C16H18OS/c1-11-8-9-13(18-4)10-15(11)14-6-5-7-16(17-3)12(14)2/h5-10H,1-4H3. The third-order valence-electron chi connectivity index (χ3n) is 3.24. The first-order valence-electron chi connectivity index (χ1n) is 5.96. The van der Waals surface area contributed by atoms with E-state index in [-0.39, 0.29) is 0 Å². The summed E-state index contributed by atoms with van der Waals surface area (Å²) >= 11 is 1.77. The Bertz CT molecular complexity index is 561. The lowest BCUT2D eigenvalue weighted by molar-refractivity contribution is 0.412. The largest absolute Gasteiger partial charge is 0.496 e. The molecule has 0 aromatic heterocycles. The van der Waals surface area contributed by atoms with E-state index < -0.39 is 0 Å². The molecule has 2 aromatic carbocycles. The first kappa shape index (κ1) is 13.0. The van der Waals surface area contributed by atoms with Gasteiger partial charge in [0.25, 0.3) is 0 Å². The van der Waals surface area contributed by atoms with Gasteiger partial charge in [0.2, 0.25) is 0 Å². The number of benzene rings is 2. The van der Waals surface area contributed by atoms with Crippen LogP contribution in [-0.2, 0) is 0 Å². The Morgan fingerprint density at radius 2 is 1.78 bits per heavy atom. The zero-order valence-corrected chi connectivity index (χ0v) is 12.1. The first-order chi connectivity index (χ1) is 8.67. The second-order valence-corrected chi connectivity index (χ2v) is 5.19. The van der Waals surface area contributed by atoms with Gasteiger partial charge in [-0.15, -0.1) is 11.8 Å². The van der Waals surface area contributed by atoms with Crippen molar-refractivity contribution < 1.29 is 4.74 Å². The van der Waals surface area contributed by atoms with Crippen LogP contribution in [0.3, 0.4) is 0 Å². The zero-order chi connectivity index (χ0) is 13.1. The maximum Gasteiger partial charge on any atom is 0.122 e. The lowest BCUT2D eigenvalue weighted by atomic mass is 9.96. The number of thioether (sulfide) groups is 1. The van der Waals surface area contributed by atoms with Crippen LogP contribution in [0.4, 0.5) is 0 Å². The van der Waals surface area contributed by atoms with Crippen LogP contribution >= 0.6 is 11.8 Å². The highest BCUT2D eigenvalue weighted by Gasteiger charge is 2.09. The van der Waals surface area contributed by atoms with E-state index >= 15 is 0 Å². The van der Waals surface area contributed by atoms with E-state index in [9.17, 15) is 0 Å². The second-order valence-electron chi connectivity index (χ2n) is 4.31. The quantitative estimate of drug-likeness (QED) is 0.738. The molecule has 0 aliphatic rings. The molecule has 0 saturated heterocycles. The summed E-state index contributed by atoms with van der Waals surface area (Å²) < 4.78 is 5.40. The Kier molecular flexibility index (Phi) is 3.97. The molecule has 1 nitrogen and oxygen atoms in total. The summed E-state index contributed by atoms with van der Waals surface area (Å²) in [6.45, 7) is 4.26. The van der Waals surface area contributed by atoms with E-state index in [1.54, 1.807) is 18.9 Å². The highest BCUT2D eigenvalue weighted by atomic mass is 32.2. The third-order valence-corrected chi connectivity index (χ3v) is 3.96. The molecule has 0 unspecified atom stereocenters. The summed E-state index contributed by atoms with van der Waals surface area (Å²) in [5.41, 5.74) is 5.03. The minimum atomic E-state index is 0.946. The lowest BCUT2D eigenvalue weighted by Crippen LogP contribution is -1.92. The molecule has 0 radical (unpaired) electrons. The van der Waals surface area contributed by atoms with Crippen LogP contribution in [0.1, 0.15) is 11.1 Å². The summed E-state index contributed by atoms with van der Waals surface area (Å²) in [5.74, 6) is 0.946. The first-order valence-corrected chi connectivity index (χ1v) is 7.18. The molecule has 0 saturated carbocycles. The van der Waals surface area contributed by atoms with Crippen molar-refractivity contribution in [2.24, 2.45) is 0 Å². The average molecular weight is 258 g/mol. The van der Waals surface area contributed by atoms with Crippen LogP contribution < -0.4 is 4.74 Å². The molecule has 0 aliphatic carbocycles. The molecule has 2 rings (SSSR count). The fourth-order valence-corrected chi connectivity index (χ4v) is 2.59. The van der Waals surface area contributed by atoms with Crippen LogP contribution in [-0.4, -0.2) is 13.4 Å². The van der Waals surface area contributed by atoms with Gasteiger partial charge in [0.05, 0.1) is 7.11 Å². The number of rotatable bonds is 3. The van der Waals surface area contributed by atoms with Crippen LogP contribution in [0.15, 0.2) is 41.3 Å². The summed E-state index contributed by atoms with van der Waals surface area (Å²) in [4.78, 5) is 1.29. The van der Waals surface area contributed by atoms with Gasteiger partial charge in [-0.2, -0.15) is 0 Å². The molecular weight excluding hydrogens is 240 g/mol. The van der Waals surface area contributed by atoms with Gasteiger partial charge in [0.15, 0.2) is 0 Å². The SMILES string of the molecule is COc1cccc(-c2cc(SC)ccc2C)c1C. The summed E-state index contributed by atoms with van der Waals surface area (Å²) in [6.07, 6.45) is 2.10. The van der Waals surface area contributed by atoms with Gasteiger partial charge in [0, 0.05) is 4.90 Å². The van der Waals surface area contributed by atoms with Crippen molar-refractivity contribution in [3.63, 3.8) is 0 Å². The topological polar surface area (TPSA) is 9.23 Å². The zero-order valence-electron chi connectivity index (χ0n) is 11.3. The van der Waals surface area contributed by atoms with Crippen LogP contribution in [0, 0.1) is 13.8 Å². The molecule has 0 spiro atoms. The number of hydrogen-bond donors (Lipinski definition) is 0. The van der Waals surface area contributed by atoms with Crippen molar-refractivity contribution in [2.45, 2.75) is 18.7 Å². The van der Waals surface area contributed by atoms with Crippen LogP contribution in [0.2, 0.25) is 0 Å². The maximum absolute atomic E-state index is 5.40. The molecule has 0 heterocycles. The van der Waals surface area contributed by atoms with E-state index in [1.165, 1.54) is 27.1 Å². The van der Waals surface area contributed by atoms with Crippen molar-refractivity contribution in [1.29, 1.82) is 0 Å². The summed E-state index contributed by atoms with van der Waals surface area (Å²) in [7, 11) is 1.72. The molecule has 0 N–H and O–H groups in total. The van der Waals surface area contributed by atoms with E-state index in [1.807, 2.05) is 12.1 Å². The number of methoxy groups -OCH3 is 1. The van der Waals surface area contributed by atoms with Crippen molar-refractivity contribution >= 4 is 11.8 Å². The minimum Gasteiger partial charge on any atom is -0.496 e. The van der Waals surface area contributed by atoms with E-state index in [2.05, 4.69) is 44.4 Å². The van der Waals surface area contributed by atoms with Crippen molar-refractivity contribution in [2.75, 3.05) is 13.4 Å². The summed E-state index contributed by atoms with van der Waals surface area (Å²) in [6, 6.07) is 12.8. The normalized spacial score (nSPS) is 10.4. The molecule has 0 aliphatic heterocycles. The third kappa shape index (κ3) is 2.39. The Hall–Kier alpha value is -1.41. The van der Waals surface area contributed by atoms with E-state index in [4.69, 9.17) is 4.74 Å². The van der Waals surface area contributed by atoms with Gasteiger partial charge >= 0.3 is 0 Å². The van der Waals surface area contributed by atoms with Crippen molar-refractivity contribution in [3.05, 3.63) is 47.5 Å². The smallest absolute Gasteiger partial charge is 0.122 e. The number of hydrogen-bond acceptors (Lipinski definition) is 2. The molecule has 0 bridgehead atoms. The molecule has 18 heavy (non-hydrogen) atoms. The molecule has 2 heteroatoms. The molecule has 0 amide bonds. The Labute approximate surface area is 113 Å². The van der Waals surface area contributed by atoms with Crippen molar-refractivity contribution in [1.82, 2.24) is 0 Å². The average Bonchev–Trinajstić information content (AvgIpc) is 2.40. The van der Waals surface area contributed by atoms with Gasteiger partial charge in [0.1, 0.15) is 5.75 Å². The van der Waals surface area contributed by atoms with Gasteiger partial charge in [-0.05, 0) is 60.6 Å². The molecule has 94 valence electrons. The van der Waals surface area contributed by atoms with Gasteiger partial charge in [-0.3, -0.25) is 0 Å². The Morgan fingerprint density at radius 3 is 2.44 bits per heavy atom. The predicted octanol–water partition coefficient (Wildman–Crippen LogP) is 4.70. The minimum absolute atomic E-state index is 0.946. The van der Waals surface area contributed by atoms with Crippen molar-refractivity contribution in [3.8, 4) is 16.9 Å². The van der Waals surface area contributed by atoms with Gasteiger partial charge in [-0.1, -0.05) is 18.2 Å². The highest BCUT2D eigenvalue weighted by Crippen LogP contribution is 2.33. The highest BCUT2D eigenvalue weighted by molar-refractivity contribution is 7.98. The number of aryl methyl sites for hydroxylation is 1. The number of ether oxygens (including phenoxy) is 1. The molecule has 0 fully saturated rings. The summed E-state index contributed by atoms with van der Waals surface area (Å²) in [5, 5.41) is 0. The fraction of sp³-hybridized carbons (Fsp3) is 0.250. The maximum atomic E-state index is 5.40. The lowest BCUT2D eigenvalue weighted by Gasteiger charge is -2.13. The van der Waals surface area contributed by atoms with Crippen LogP contribution in [0.25, 0.3) is 11.1 Å². The Morgan fingerprint density at radius 1 is 1.00 bits per heavy atom. The van der Waals surface area contributed by atoms with Crippen LogP contribution in [0.5, 0.6) is 5.75 Å². The van der Waals surface area contributed by atoms with E-state index in [0.717, 1.165) is 5.75 Å². The predicted molar refractivity (Wildman–Crippen MR) is 79.7 cm³/mol. The van der Waals surface area contributed by atoms with E-state index in [0.29, 0.717) is 0 Å². The molecule has 2 aromatic rings. The molecule has 0 atom stereocenters.